The van der Waals surface area contributed by atoms with Gasteiger partial charge in [0.25, 0.3) is 0 Å². The Balaban J connectivity index is 4.09. The predicted molar refractivity (Wildman–Crippen MR) is 53.5 cm³/mol. The zero-order chi connectivity index (χ0) is 9.61. The lowest BCUT2D eigenvalue weighted by Crippen LogP contribution is -2.52. The van der Waals surface area contributed by atoms with Crippen molar-refractivity contribution in [1.29, 1.82) is 0 Å². The number of alkyl halides is 1. The zero-order valence-corrected chi connectivity index (χ0v) is 9.14. The Morgan fingerprint density at radius 1 is 1.17 bits per heavy atom. The van der Waals surface area contributed by atoms with Crippen molar-refractivity contribution in [3.8, 4) is 0 Å². The lowest BCUT2D eigenvalue weighted by molar-refractivity contribution is -0.925. The van der Waals surface area contributed by atoms with Crippen LogP contribution in [-0.4, -0.2) is 47.8 Å². The summed E-state index contributed by atoms with van der Waals surface area (Å²) in [5.74, 6) is 0.347. The molecule has 0 aromatic carbocycles. The van der Waals surface area contributed by atoms with Crippen LogP contribution in [-0.2, 0) is 0 Å². The number of aliphatic hydroxyl groups excluding tert-OH is 1. The lowest BCUT2D eigenvalue weighted by atomic mass is 10.2. The van der Waals surface area contributed by atoms with Crippen LogP contribution in [0.4, 0.5) is 0 Å². The average molecular weight is 195 g/mol. The number of aliphatic hydroxyl groups is 1. The lowest BCUT2D eigenvalue weighted by Gasteiger charge is -2.37. The molecule has 2 nitrogen and oxygen atoms in total. The van der Waals surface area contributed by atoms with Crippen molar-refractivity contribution in [2.24, 2.45) is 0 Å². The molecule has 0 rings (SSSR count). The summed E-state index contributed by atoms with van der Waals surface area (Å²) in [5.41, 5.74) is 0. The monoisotopic (exact) mass is 194 g/mol. The van der Waals surface area contributed by atoms with E-state index in [0.717, 1.165) is 30.7 Å². The number of quaternary nitrogens is 1. The molecule has 0 spiro atoms. The highest BCUT2D eigenvalue weighted by Crippen LogP contribution is 2.07. The van der Waals surface area contributed by atoms with Crippen LogP contribution >= 0.6 is 11.6 Å². The maximum Gasteiger partial charge on any atom is 0.116 e. The van der Waals surface area contributed by atoms with E-state index < -0.39 is 0 Å². The Kier molecular flexibility index (Phi) is 5.89. The van der Waals surface area contributed by atoms with E-state index >= 15 is 0 Å². The Morgan fingerprint density at radius 3 is 1.83 bits per heavy atom. The van der Waals surface area contributed by atoms with E-state index in [4.69, 9.17) is 11.6 Å². The van der Waals surface area contributed by atoms with Crippen LogP contribution < -0.4 is 0 Å². The third-order valence-electron chi connectivity index (χ3n) is 2.79. The molecule has 0 aliphatic rings. The molecule has 12 heavy (non-hydrogen) atoms. The van der Waals surface area contributed by atoms with Gasteiger partial charge in [0.1, 0.15) is 12.6 Å². The van der Waals surface area contributed by atoms with E-state index in [-0.39, 0.29) is 6.10 Å². The molecule has 0 aromatic heterocycles. The highest BCUT2D eigenvalue weighted by molar-refractivity contribution is 6.18. The van der Waals surface area contributed by atoms with Gasteiger partial charge in [-0.3, -0.25) is 0 Å². The molecule has 0 aliphatic carbocycles. The van der Waals surface area contributed by atoms with Crippen molar-refractivity contribution >= 4 is 11.6 Å². The van der Waals surface area contributed by atoms with Crippen molar-refractivity contribution < 1.29 is 9.59 Å². The Hall–Kier alpha value is 0.210. The Morgan fingerprint density at radius 2 is 1.58 bits per heavy atom. The number of halogens is 1. The van der Waals surface area contributed by atoms with Crippen LogP contribution in [0.15, 0.2) is 0 Å². The maximum absolute atomic E-state index is 9.44. The van der Waals surface area contributed by atoms with Gasteiger partial charge in [-0.15, -0.1) is 11.6 Å². The average Bonchev–Trinajstić information content (AvgIpc) is 2.14. The molecule has 1 atom stereocenters. The molecule has 0 radical (unpaired) electrons. The molecule has 0 bridgehead atoms. The van der Waals surface area contributed by atoms with E-state index in [0.29, 0.717) is 5.88 Å². The van der Waals surface area contributed by atoms with Gasteiger partial charge >= 0.3 is 0 Å². The first kappa shape index (κ1) is 12.2. The second kappa shape index (κ2) is 5.79. The van der Waals surface area contributed by atoms with Crippen LogP contribution in [0.3, 0.4) is 0 Å². The topological polar surface area (TPSA) is 20.2 Å². The smallest absolute Gasteiger partial charge is 0.116 e. The predicted octanol–water partition coefficient (Wildman–Crippen LogP) is 1.46. The minimum atomic E-state index is -0.355. The van der Waals surface area contributed by atoms with Crippen molar-refractivity contribution in [2.45, 2.75) is 26.9 Å². The normalized spacial score (nSPS) is 14.8. The second-order valence-electron chi connectivity index (χ2n) is 3.28. The van der Waals surface area contributed by atoms with Crippen LogP contribution in [0.5, 0.6) is 0 Å². The third-order valence-corrected chi connectivity index (χ3v) is 3.14. The van der Waals surface area contributed by atoms with Gasteiger partial charge in [0.2, 0.25) is 0 Å². The van der Waals surface area contributed by atoms with E-state index in [1.54, 1.807) is 0 Å². The minimum absolute atomic E-state index is 0.347. The van der Waals surface area contributed by atoms with Gasteiger partial charge in [-0.2, -0.15) is 0 Å². The molecule has 0 amide bonds. The molecule has 1 unspecified atom stereocenters. The molecule has 74 valence electrons. The summed E-state index contributed by atoms with van der Waals surface area (Å²) < 4.78 is 0.966. The number of likely N-dealkylation sites (N-methyl/N-ethyl adjacent to an activating group) is 1. The number of rotatable bonds is 6. The number of nitrogens with zero attached hydrogens (tertiary/aromatic N) is 1. The molecular formula is C9H21ClNO+. The van der Waals surface area contributed by atoms with Crippen LogP contribution in [0.1, 0.15) is 20.8 Å². The quantitative estimate of drug-likeness (QED) is 0.502. The SMILES string of the molecule is CC[N+](CC)(CC)CC(O)CCl. The van der Waals surface area contributed by atoms with Gasteiger partial charge < -0.3 is 9.59 Å². The summed E-state index contributed by atoms with van der Waals surface area (Å²) in [6.07, 6.45) is -0.355. The number of hydrogen-bond acceptors (Lipinski definition) is 1. The Labute approximate surface area is 80.7 Å². The summed E-state index contributed by atoms with van der Waals surface area (Å²) in [6, 6.07) is 0. The highest BCUT2D eigenvalue weighted by Gasteiger charge is 2.24. The van der Waals surface area contributed by atoms with Crippen molar-refractivity contribution in [1.82, 2.24) is 0 Å². The molecule has 0 aliphatic heterocycles. The molecule has 0 fully saturated rings. The highest BCUT2D eigenvalue weighted by atomic mass is 35.5. The van der Waals surface area contributed by atoms with E-state index in [1.807, 2.05) is 0 Å². The summed E-state index contributed by atoms with van der Waals surface area (Å²) in [4.78, 5) is 0. The van der Waals surface area contributed by atoms with Gasteiger partial charge in [-0.05, 0) is 20.8 Å². The molecule has 3 heteroatoms. The molecule has 0 heterocycles. The molecule has 0 saturated heterocycles. The standard InChI is InChI=1S/C9H21ClNO/c1-4-11(5-2,6-3)8-9(12)7-10/h9,12H,4-8H2,1-3H3/q+1. The first-order valence-corrected chi connectivity index (χ1v) is 5.26. The molecule has 0 aromatic rings. The van der Waals surface area contributed by atoms with Gasteiger partial charge in [-0.1, -0.05) is 0 Å². The third kappa shape index (κ3) is 3.30. The van der Waals surface area contributed by atoms with E-state index in [1.165, 1.54) is 0 Å². The van der Waals surface area contributed by atoms with Gasteiger partial charge in [0.05, 0.1) is 25.5 Å². The minimum Gasteiger partial charge on any atom is -0.386 e. The molecular weight excluding hydrogens is 174 g/mol. The Bertz CT molecular complexity index is 107. The van der Waals surface area contributed by atoms with Gasteiger partial charge in [0, 0.05) is 0 Å². The maximum atomic E-state index is 9.44. The molecule has 0 saturated carbocycles. The van der Waals surface area contributed by atoms with Crippen molar-refractivity contribution in [3.05, 3.63) is 0 Å². The summed E-state index contributed by atoms with van der Waals surface area (Å²) in [6.45, 7) is 10.5. The number of hydrogen-bond donors (Lipinski definition) is 1. The largest absolute Gasteiger partial charge is 0.386 e. The van der Waals surface area contributed by atoms with Crippen LogP contribution in [0, 0.1) is 0 Å². The van der Waals surface area contributed by atoms with Crippen molar-refractivity contribution in [2.75, 3.05) is 32.1 Å². The van der Waals surface area contributed by atoms with Crippen molar-refractivity contribution in [3.63, 3.8) is 0 Å². The fraction of sp³-hybridized carbons (Fsp3) is 1.00. The van der Waals surface area contributed by atoms with E-state index in [2.05, 4.69) is 20.8 Å². The molecule has 1 N–H and O–H groups in total. The first-order valence-electron chi connectivity index (χ1n) is 4.73. The summed E-state index contributed by atoms with van der Waals surface area (Å²) in [5, 5.41) is 9.44. The zero-order valence-electron chi connectivity index (χ0n) is 8.39. The van der Waals surface area contributed by atoms with Gasteiger partial charge in [-0.25, -0.2) is 0 Å². The fourth-order valence-corrected chi connectivity index (χ4v) is 1.65. The second-order valence-corrected chi connectivity index (χ2v) is 3.59. The summed E-state index contributed by atoms with van der Waals surface area (Å²) in [7, 11) is 0. The van der Waals surface area contributed by atoms with Crippen LogP contribution in [0.2, 0.25) is 0 Å². The van der Waals surface area contributed by atoms with Crippen LogP contribution in [0.25, 0.3) is 0 Å². The fourth-order valence-electron chi connectivity index (χ4n) is 1.55. The first-order chi connectivity index (χ1) is 5.64. The van der Waals surface area contributed by atoms with E-state index in [9.17, 15) is 5.11 Å². The summed E-state index contributed by atoms with van der Waals surface area (Å²) >= 11 is 5.57. The van der Waals surface area contributed by atoms with Gasteiger partial charge in [0.15, 0.2) is 0 Å².